The van der Waals surface area contributed by atoms with Crippen LogP contribution in [0.25, 0.3) is 10.9 Å². The summed E-state index contributed by atoms with van der Waals surface area (Å²) in [5, 5.41) is 14.6. The van der Waals surface area contributed by atoms with Crippen LogP contribution in [0, 0.1) is 11.3 Å². The summed E-state index contributed by atoms with van der Waals surface area (Å²) in [4.78, 5) is 0. The van der Waals surface area contributed by atoms with Gasteiger partial charge in [-0.15, -0.1) is 0 Å². The molecule has 0 spiro atoms. The number of alkyl halides is 1. The van der Waals surface area contributed by atoms with Gasteiger partial charge >= 0.3 is 206 Å². The number of aromatic nitrogens is 1. The van der Waals surface area contributed by atoms with Crippen molar-refractivity contribution in [2.24, 2.45) is 0 Å². The standard InChI is InChI=1S/C30H26ClN2P/c1-34(26-11-5-2-6-12-26,27-13-7-3-8-14-27,28-15-9-4-10-16-28)30-22-25-18-17-24(23-32)21-29(25)33(30)20-19-31/h2-18,21-22H,19-20H2,1H3. The molecule has 0 saturated heterocycles. The van der Waals surface area contributed by atoms with Crippen molar-refractivity contribution in [1.82, 2.24) is 4.57 Å². The van der Waals surface area contributed by atoms with E-state index < -0.39 is 6.60 Å². The summed E-state index contributed by atoms with van der Waals surface area (Å²) in [6.07, 6.45) is 0. The molecular weight excluding hydrogens is 455 g/mol. The molecule has 0 unspecified atom stereocenters. The molecule has 0 aliphatic heterocycles. The van der Waals surface area contributed by atoms with E-state index in [4.69, 9.17) is 11.6 Å². The summed E-state index contributed by atoms with van der Waals surface area (Å²) in [5.41, 5.74) is 2.96. The van der Waals surface area contributed by atoms with Crippen molar-refractivity contribution in [2.45, 2.75) is 6.54 Å². The second-order valence-corrected chi connectivity index (χ2v) is 14.3. The Hall–Kier alpha value is -3.37. The first-order valence-corrected chi connectivity index (χ1v) is 14.6. The number of fused-ring (bicyclic) bond motifs is 1. The van der Waals surface area contributed by atoms with Crippen LogP contribution in [0.2, 0.25) is 0 Å². The Morgan fingerprint density at radius 1 is 0.735 bits per heavy atom. The molecule has 34 heavy (non-hydrogen) atoms. The van der Waals surface area contributed by atoms with Gasteiger partial charge in [0.05, 0.1) is 0 Å². The van der Waals surface area contributed by atoms with Gasteiger partial charge in [-0.2, -0.15) is 0 Å². The van der Waals surface area contributed by atoms with Crippen LogP contribution < -0.4 is 21.3 Å². The van der Waals surface area contributed by atoms with E-state index in [9.17, 15) is 5.26 Å². The summed E-state index contributed by atoms with van der Waals surface area (Å²) in [6, 6.07) is 43.2. The first kappa shape index (κ1) is 22.4. The molecule has 0 fully saturated rings. The van der Waals surface area contributed by atoms with Gasteiger partial charge in [0.2, 0.25) is 0 Å². The first-order chi connectivity index (χ1) is 16.6. The summed E-state index contributed by atoms with van der Waals surface area (Å²) >= 11 is 6.40. The minimum absolute atomic E-state index is 0.485. The molecule has 5 rings (SSSR count). The van der Waals surface area contributed by atoms with Gasteiger partial charge < -0.3 is 0 Å². The van der Waals surface area contributed by atoms with Gasteiger partial charge in [-0.1, -0.05) is 0 Å². The molecule has 5 aromatic rings. The molecule has 0 bridgehead atoms. The molecular formula is C30H26ClN2P. The number of hydrogen-bond donors (Lipinski definition) is 0. The van der Waals surface area contributed by atoms with Crippen LogP contribution >= 0.6 is 18.2 Å². The van der Waals surface area contributed by atoms with Gasteiger partial charge in [-0.25, -0.2) is 0 Å². The van der Waals surface area contributed by atoms with E-state index in [-0.39, 0.29) is 0 Å². The Kier molecular flexibility index (Phi) is 5.78. The molecule has 0 amide bonds. The number of nitrogens with zero attached hydrogens (tertiary/aromatic N) is 2. The number of halogens is 1. The van der Waals surface area contributed by atoms with Crippen molar-refractivity contribution in [3.8, 4) is 6.07 Å². The normalized spacial score (nSPS) is 12.7. The molecule has 4 aromatic carbocycles. The van der Waals surface area contributed by atoms with Crippen LogP contribution in [-0.4, -0.2) is 17.1 Å². The average molecular weight is 481 g/mol. The average Bonchev–Trinajstić information content (AvgIpc) is 3.28. The Morgan fingerprint density at radius 2 is 1.24 bits per heavy atom. The third-order valence-electron chi connectivity index (χ3n) is 7.10. The number of aryl methyl sites for hydroxylation is 1. The summed E-state index contributed by atoms with van der Waals surface area (Å²) in [5.74, 6) is 0.485. The van der Waals surface area contributed by atoms with Crippen LogP contribution in [-0.2, 0) is 6.54 Å². The molecule has 0 atom stereocenters. The van der Waals surface area contributed by atoms with Crippen molar-refractivity contribution in [2.75, 3.05) is 12.5 Å². The number of benzene rings is 4. The first-order valence-electron chi connectivity index (χ1n) is 11.4. The van der Waals surface area contributed by atoms with E-state index in [1.54, 1.807) is 0 Å². The molecule has 4 heteroatoms. The Labute approximate surface area is 206 Å². The van der Waals surface area contributed by atoms with E-state index in [1.165, 1.54) is 21.3 Å². The molecule has 0 aliphatic rings. The molecule has 168 valence electrons. The number of hydrogen-bond acceptors (Lipinski definition) is 1. The molecule has 0 radical (unpaired) electrons. The van der Waals surface area contributed by atoms with Crippen molar-refractivity contribution in [3.63, 3.8) is 0 Å². The molecule has 0 saturated carbocycles. The van der Waals surface area contributed by atoms with Crippen LogP contribution in [0.15, 0.2) is 115 Å². The van der Waals surface area contributed by atoms with Crippen molar-refractivity contribution < 1.29 is 0 Å². The molecule has 2 nitrogen and oxygen atoms in total. The van der Waals surface area contributed by atoms with Crippen molar-refractivity contribution in [3.05, 3.63) is 121 Å². The molecule has 1 heterocycles. The predicted molar refractivity (Wildman–Crippen MR) is 148 cm³/mol. The zero-order chi connectivity index (χ0) is 23.6. The number of nitriles is 1. The molecule has 1 aromatic heterocycles. The Morgan fingerprint density at radius 3 is 1.68 bits per heavy atom. The zero-order valence-corrected chi connectivity index (χ0v) is 20.8. The van der Waals surface area contributed by atoms with Gasteiger partial charge in [0.25, 0.3) is 0 Å². The van der Waals surface area contributed by atoms with Gasteiger partial charge in [-0.3, -0.25) is 0 Å². The fraction of sp³-hybridized carbons (Fsp3) is 0.100. The summed E-state index contributed by atoms with van der Waals surface area (Å²) in [6.45, 7) is -0.0861. The fourth-order valence-electron chi connectivity index (χ4n) is 5.34. The Balaban J connectivity index is 2.04. The van der Waals surface area contributed by atoms with Crippen LogP contribution in [0.5, 0.6) is 0 Å². The van der Waals surface area contributed by atoms with Crippen LogP contribution in [0.1, 0.15) is 5.56 Å². The molecule has 0 N–H and O–H groups in total. The zero-order valence-electron chi connectivity index (χ0n) is 19.1. The maximum atomic E-state index is 9.59. The van der Waals surface area contributed by atoms with E-state index in [1.807, 2.05) is 12.1 Å². The summed E-state index contributed by atoms with van der Waals surface area (Å²) < 4.78 is 2.36. The second kappa shape index (κ2) is 8.77. The predicted octanol–water partition coefficient (Wildman–Crippen LogP) is 5.54. The quantitative estimate of drug-likeness (QED) is 0.232. The van der Waals surface area contributed by atoms with E-state index in [0.717, 1.165) is 10.9 Å². The van der Waals surface area contributed by atoms with E-state index in [0.29, 0.717) is 18.0 Å². The third-order valence-corrected chi connectivity index (χ3v) is 13.5. The van der Waals surface area contributed by atoms with Gasteiger partial charge in [-0.05, 0) is 0 Å². The van der Waals surface area contributed by atoms with Crippen molar-refractivity contribution in [1.29, 1.82) is 5.26 Å². The van der Waals surface area contributed by atoms with Crippen molar-refractivity contribution >= 4 is 50.5 Å². The van der Waals surface area contributed by atoms with Gasteiger partial charge in [0, 0.05) is 0 Å². The summed E-state index contributed by atoms with van der Waals surface area (Å²) in [7, 11) is 0. The van der Waals surface area contributed by atoms with Gasteiger partial charge in [0.1, 0.15) is 0 Å². The monoisotopic (exact) mass is 480 g/mol. The number of rotatable bonds is 6. The Bertz CT molecular complexity index is 1390. The van der Waals surface area contributed by atoms with Crippen LogP contribution in [0.3, 0.4) is 0 Å². The third kappa shape index (κ3) is 3.20. The van der Waals surface area contributed by atoms with Gasteiger partial charge in [0.15, 0.2) is 0 Å². The topological polar surface area (TPSA) is 28.7 Å². The maximum absolute atomic E-state index is 9.59. The van der Waals surface area contributed by atoms with E-state index in [2.05, 4.69) is 120 Å². The van der Waals surface area contributed by atoms with E-state index >= 15 is 0 Å². The SMILES string of the molecule is CP(c1ccccc1)(c1ccccc1)(c1ccccc1)c1cc2ccc(C#N)cc2n1CCCl. The fourth-order valence-corrected chi connectivity index (χ4v) is 11.2. The van der Waals surface area contributed by atoms with Crippen LogP contribution in [0.4, 0.5) is 0 Å². The molecule has 0 aliphatic carbocycles. The second-order valence-electron chi connectivity index (χ2n) is 8.80. The minimum atomic E-state index is -3.20.